The van der Waals surface area contributed by atoms with Gasteiger partial charge in [0.1, 0.15) is 5.82 Å². The molecule has 1 N–H and O–H groups in total. The fourth-order valence-electron chi connectivity index (χ4n) is 6.01. The van der Waals surface area contributed by atoms with Gasteiger partial charge in [-0.1, -0.05) is 30.3 Å². The molecule has 204 valence electrons. The van der Waals surface area contributed by atoms with E-state index in [0.717, 1.165) is 71.2 Å². The van der Waals surface area contributed by atoms with E-state index < -0.39 is 11.7 Å². The smallest absolute Gasteiger partial charge is 0.359 e. The number of fused-ring (bicyclic) bond motifs is 2. The van der Waals surface area contributed by atoms with E-state index in [-0.39, 0.29) is 17.7 Å². The molecule has 40 heavy (non-hydrogen) atoms. The lowest BCUT2D eigenvalue weighted by molar-refractivity contribution is -0.137. The Bertz CT molecular complexity index is 1740. The van der Waals surface area contributed by atoms with Crippen molar-refractivity contribution in [2.45, 2.75) is 38.9 Å². The van der Waals surface area contributed by atoms with Gasteiger partial charge in [-0.25, -0.2) is 4.98 Å². The van der Waals surface area contributed by atoms with Crippen LogP contribution in [0.3, 0.4) is 0 Å². The Balaban J connectivity index is 1.23. The predicted octanol–water partition coefficient (Wildman–Crippen LogP) is 7.44. The molecule has 3 aromatic carbocycles. The molecule has 2 aromatic heterocycles. The minimum absolute atomic E-state index is 0.185. The summed E-state index contributed by atoms with van der Waals surface area (Å²) in [7, 11) is 0. The summed E-state index contributed by atoms with van der Waals surface area (Å²) in [6, 6.07) is 20.3. The molecule has 7 rings (SSSR count). The highest BCUT2D eigenvalue weighted by Gasteiger charge is 2.37. The summed E-state index contributed by atoms with van der Waals surface area (Å²) in [5, 5.41) is 1.15. The van der Waals surface area contributed by atoms with Crippen LogP contribution < -0.4 is 0 Å². The van der Waals surface area contributed by atoms with Crippen LogP contribution in [0.1, 0.15) is 30.5 Å². The summed E-state index contributed by atoms with van der Waals surface area (Å²) >= 11 is 0. The standard InChI is InChI=1S/C32H29F3N4O/c1-19-14-25-15-24(8-10-27(25)36-19)21-2-4-22(5-3-21)30-37-28-16-26(32(33,34)35)9-11-29(28)39(30)18-20-12-13-38(17-20)31(40)23-6-7-23/h2-5,8-11,14-16,20,23,36H,6-7,12-13,17-18H2,1H3. The number of carbonyl (C=O) groups excluding carboxylic acids is 1. The van der Waals surface area contributed by atoms with Gasteiger partial charge in [0.2, 0.25) is 5.91 Å². The van der Waals surface area contributed by atoms with E-state index in [1.165, 1.54) is 6.07 Å². The Morgan fingerprint density at radius 3 is 2.45 bits per heavy atom. The number of likely N-dealkylation sites (tertiary alicyclic amines) is 1. The molecule has 3 heterocycles. The molecular formula is C32H29F3N4O. The molecular weight excluding hydrogens is 513 g/mol. The Morgan fingerprint density at radius 2 is 1.70 bits per heavy atom. The van der Waals surface area contributed by atoms with E-state index in [2.05, 4.69) is 29.2 Å². The molecule has 1 saturated heterocycles. The largest absolute Gasteiger partial charge is 0.416 e. The van der Waals surface area contributed by atoms with E-state index >= 15 is 0 Å². The van der Waals surface area contributed by atoms with Crippen LogP contribution in [-0.4, -0.2) is 38.4 Å². The highest BCUT2D eigenvalue weighted by atomic mass is 19.4. The number of halogens is 3. The van der Waals surface area contributed by atoms with Crippen molar-refractivity contribution < 1.29 is 18.0 Å². The number of hydrogen-bond donors (Lipinski definition) is 1. The molecule has 1 aliphatic carbocycles. The number of nitrogens with zero attached hydrogens (tertiary/aromatic N) is 3. The van der Waals surface area contributed by atoms with E-state index in [0.29, 0.717) is 29.9 Å². The maximum Gasteiger partial charge on any atom is 0.416 e. The molecule has 1 amide bonds. The first-order chi connectivity index (χ1) is 19.2. The van der Waals surface area contributed by atoms with Gasteiger partial charge < -0.3 is 14.5 Å². The van der Waals surface area contributed by atoms with E-state index in [9.17, 15) is 18.0 Å². The average molecular weight is 543 g/mol. The Labute approximate surface area is 229 Å². The zero-order chi connectivity index (χ0) is 27.6. The minimum atomic E-state index is -4.44. The lowest BCUT2D eigenvalue weighted by Crippen LogP contribution is -2.30. The third kappa shape index (κ3) is 4.55. The molecule has 1 atom stereocenters. The second kappa shape index (κ2) is 9.25. The first-order valence-electron chi connectivity index (χ1n) is 13.8. The zero-order valence-corrected chi connectivity index (χ0v) is 22.1. The number of rotatable bonds is 5. The molecule has 0 bridgehead atoms. The number of carbonyl (C=O) groups is 1. The van der Waals surface area contributed by atoms with Crippen LogP contribution in [0.2, 0.25) is 0 Å². The van der Waals surface area contributed by atoms with Crippen molar-refractivity contribution in [1.82, 2.24) is 19.4 Å². The molecule has 5 aromatic rings. The van der Waals surface area contributed by atoms with Gasteiger partial charge in [-0.2, -0.15) is 13.2 Å². The monoisotopic (exact) mass is 542 g/mol. The van der Waals surface area contributed by atoms with Crippen molar-refractivity contribution in [3.05, 3.63) is 78.0 Å². The summed E-state index contributed by atoms with van der Waals surface area (Å²) in [5.41, 5.74) is 5.48. The van der Waals surface area contributed by atoms with Gasteiger partial charge in [0.25, 0.3) is 0 Å². The first-order valence-corrected chi connectivity index (χ1v) is 13.8. The van der Waals surface area contributed by atoms with Gasteiger partial charge in [-0.3, -0.25) is 4.79 Å². The number of nitrogens with one attached hydrogen (secondary N) is 1. The number of alkyl halides is 3. The zero-order valence-electron chi connectivity index (χ0n) is 22.1. The van der Waals surface area contributed by atoms with E-state index in [4.69, 9.17) is 4.98 Å². The van der Waals surface area contributed by atoms with Crippen LogP contribution in [0.25, 0.3) is 44.5 Å². The van der Waals surface area contributed by atoms with Crippen molar-refractivity contribution in [1.29, 1.82) is 0 Å². The third-order valence-corrected chi connectivity index (χ3v) is 8.27. The fraction of sp³-hybridized carbons (Fsp3) is 0.312. The minimum Gasteiger partial charge on any atom is -0.359 e. The fourth-order valence-corrected chi connectivity index (χ4v) is 6.01. The topological polar surface area (TPSA) is 53.9 Å². The van der Waals surface area contributed by atoms with Crippen LogP contribution in [-0.2, 0) is 17.5 Å². The third-order valence-electron chi connectivity index (χ3n) is 8.27. The number of aromatic amines is 1. The quantitative estimate of drug-likeness (QED) is 0.251. The summed E-state index contributed by atoms with van der Waals surface area (Å²) < 4.78 is 42.5. The number of imidazole rings is 1. The van der Waals surface area contributed by atoms with Gasteiger partial charge in [-0.05, 0) is 79.6 Å². The molecule has 0 spiro atoms. The van der Waals surface area contributed by atoms with Gasteiger partial charge in [-0.15, -0.1) is 0 Å². The summed E-state index contributed by atoms with van der Waals surface area (Å²) in [5.74, 6) is 1.29. The van der Waals surface area contributed by atoms with Crippen LogP contribution in [0.15, 0.2) is 66.7 Å². The van der Waals surface area contributed by atoms with Gasteiger partial charge in [0.05, 0.1) is 16.6 Å². The van der Waals surface area contributed by atoms with Gasteiger partial charge >= 0.3 is 6.18 Å². The highest BCUT2D eigenvalue weighted by molar-refractivity contribution is 5.86. The normalized spacial score (nSPS) is 17.8. The number of aromatic nitrogens is 3. The second-order valence-electron chi connectivity index (χ2n) is 11.3. The molecule has 2 aliphatic rings. The molecule has 8 heteroatoms. The van der Waals surface area contributed by atoms with Crippen molar-refractivity contribution in [2.75, 3.05) is 13.1 Å². The van der Waals surface area contributed by atoms with Crippen molar-refractivity contribution >= 4 is 27.8 Å². The molecule has 5 nitrogen and oxygen atoms in total. The SMILES string of the molecule is Cc1cc2cc(-c3ccc(-c4nc5cc(C(F)(F)F)ccc5n4CC4CCN(C(=O)C5CC5)C4)cc3)ccc2[nH]1. The molecule has 2 fully saturated rings. The van der Waals surface area contributed by atoms with Gasteiger partial charge in [0, 0.05) is 47.7 Å². The summed E-state index contributed by atoms with van der Waals surface area (Å²) in [6.45, 7) is 4.04. The number of amides is 1. The van der Waals surface area contributed by atoms with E-state index in [1.807, 2.05) is 40.7 Å². The van der Waals surface area contributed by atoms with E-state index in [1.54, 1.807) is 0 Å². The maximum atomic E-state index is 13.5. The molecule has 1 saturated carbocycles. The average Bonchev–Trinajstić information content (AvgIpc) is 3.40. The number of H-pyrrole nitrogens is 1. The summed E-state index contributed by atoms with van der Waals surface area (Å²) in [4.78, 5) is 22.6. The Hall–Kier alpha value is -4.07. The first kappa shape index (κ1) is 24.9. The number of aryl methyl sites for hydroxylation is 1. The van der Waals surface area contributed by atoms with Crippen LogP contribution in [0.5, 0.6) is 0 Å². The molecule has 0 radical (unpaired) electrons. The van der Waals surface area contributed by atoms with Crippen LogP contribution in [0.4, 0.5) is 13.2 Å². The highest BCUT2D eigenvalue weighted by Crippen LogP contribution is 2.36. The summed E-state index contributed by atoms with van der Waals surface area (Å²) in [6.07, 6.45) is -1.61. The van der Waals surface area contributed by atoms with Crippen molar-refractivity contribution in [3.63, 3.8) is 0 Å². The number of benzene rings is 3. The van der Waals surface area contributed by atoms with Crippen LogP contribution >= 0.6 is 0 Å². The van der Waals surface area contributed by atoms with Crippen molar-refractivity contribution in [3.8, 4) is 22.5 Å². The Morgan fingerprint density at radius 1 is 0.950 bits per heavy atom. The van der Waals surface area contributed by atoms with Crippen LogP contribution in [0, 0.1) is 18.8 Å². The predicted molar refractivity (Wildman–Crippen MR) is 150 cm³/mol. The van der Waals surface area contributed by atoms with Gasteiger partial charge in [0.15, 0.2) is 0 Å². The number of hydrogen-bond acceptors (Lipinski definition) is 2. The maximum absolute atomic E-state index is 13.5. The second-order valence-corrected chi connectivity index (χ2v) is 11.3. The lowest BCUT2D eigenvalue weighted by Gasteiger charge is -2.18. The van der Waals surface area contributed by atoms with Crippen molar-refractivity contribution in [2.24, 2.45) is 11.8 Å². The Kier molecular flexibility index (Phi) is 5.77. The molecule has 1 unspecified atom stereocenters. The lowest BCUT2D eigenvalue weighted by atomic mass is 10.0. The molecule has 1 aliphatic heterocycles.